The van der Waals surface area contributed by atoms with E-state index in [1.165, 1.54) is 48.5 Å². The van der Waals surface area contributed by atoms with Gasteiger partial charge in [0.05, 0.1) is 35.0 Å². The molecular weight excluding hydrogens is 632 g/mol. The highest BCUT2D eigenvalue weighted by atomic mass is 19.2. The van der Waals surface area contributed by atoms with E-state index in [-0.39, 0.29) is 46.5 Å². The number of nitrogens with zero attached hydrogens (tertiary/aromatic N) is 2. The van der Waals surface area contributed by atoms with Gasteiger partial charge >= 0.3 is 0 Å². The van der Waals surface area contributed by atoms with Gasteiger partial charge in [-0.2, -0.15) is 17.6 Å². The molecule has 12 heteroatoms. The molecule has 48 heavy (non-hydrogen) atoms. The Labute approximate surface area is 270 Å². The fourth-order valence-electron chi connectivity index (χ4n) is 8.73. The number of allylic oxidation sites excluding steroid dienone is 4. The molecule has 2 saturated carbocycles. The average Bonchev–Trinajstić information content (AvgIpc) is 3.94. The summed E-state index contributed by atoms with van der Waals surface area (Å²) in [6.07, 6.45) is 9.03. The lowest BCUT2D eigenvalue weighted by atomic mass is 9.85. The molecule has 0 radical (unpaired) electrons. The third kappa shape index (κ3) is 3.76. The number of carbonyl (C=O) groups excluding carboxylic acids is 4. The Hall–Kier alpha value is -5.26. The predicted octanol–water partition coefficient (Wildman–Crippen LogP) is 6.45. The van der Waals surface area contributed by atoms with Crippen LogP contribution < -0.4 is 19.3 Å². The monoisotopic (exact) mass is 656 g/mol. The Morgan fingerprint density at radius 2 is 0.771 bits per heavy atom. The van der Waals surface area contributed by atoms with Gasteiger partial charge in [0, 0.05) is 0 Å². The van der Waals surface area contributed by atoms with Crippen molar-refractivity contribution in [1.29, 1.82) is 0 Å². The number of carbonyl (C=O) groups is 4. The maximum absolute atomic E-state index is 15.6. The first-order valence-corrected chi connectivity index (χ1v) is 15.7. The molecule has 8 atom stereocenters. The zero-order valence-corrected chi connectivity index (χ0v) is 24.8. The number of rotatable bonds is 6. The van der Waals surface area contributed by atoms with E-state index >= 15 is 17.6 Å². The van der Waals surface area contributed by atoms with Crippen LogP contribution >= 0.6 is 0 Å². The maximum atomic E-state index is 15.6. The summed E-state index contributed by atoms with van der Waals surface area (Å²) in [6, 6.07) is 10.9. The highest BCUT2D eigenvalue weighted by molar-refractivity contribution is 6.24. The molecule has 9 rings (SSSR count). The molecule has 2 saturated heterocycles. The number of imide groups is 2. The average molecular weight is 657 g/mol. The molecule has 4 bridgehead atoms. The number of anilines is 2. The number of hydrogen-bond acceptors (Lipinski definition) is 6. The number of fused-ring (bicyclic) bond motifs is 10. The van der Waals surface area contributed by atoms with Crippen LogP contribution in [0.4, 0.5) is 28.9 Å². The van der Waals surface area contributed by atoms with Gasteiger partial charge in [0.15, 0.2) is 11.5 Å². The number of para-hydroxylation sites is 4. The summed E-state index contributed by atoms with van der Waals surface area (Å²) in [4.78, 5) is 55.4. The van der Waals surface area contributed by atoms with Gasteiger partial charge in [-0.1, -0.05) is 48.6 Å². The van der Waals surface area contributed by atoms with Gasteiger partial charge in [0.1, 0.15) is 0 Å². The van der Waals surface area contributed by atoms with E-state index in [2.05, 4.69) is 0 Å². The van der Waals surface area contributed by atoms with Crippen LogP contribution in [0.1, 0.15) is 12.8 Å². The molecule has 0 spiro atoms. The van der Waals surface area contributed by atoms with E-state index < -0.39 is 82.1 Å². The van der Waals surface area contributed by atoms with E-state index in [0.29, 0.717) is 12.8 Å². The molecule has 0 aromatic heterocycles. The van der Waals surface area contributed by atoms with Crippen LogP contribution in [-0.4, -0.2) is 23.6 Å². The Morgan fingerprint density at radius 1 is 0.479 bits per heavy atom. The number of halogens is 4. The lowest BCUT2D eigenvalue weighted by Gasteiger charge is -2.22. The standard InChI is InChI=1S/C36H24F4N2O6/c37-27-29(39)32(48-22-8-4-2-6-20(22)42-35(45)25-17-11-12-18(14-17)26(25)36(42)46)30(40)28(38)31(27)47-21-7-3-1-5-19(21)41-33(43)23-15-9-10-16(13-15)24(23)34(41)44/h1-12,15-18,23-26H,13-14H2/t15-,16-,17-,18-,23+,24+,25+,26+/m0/s1. The molecule has 0 unspecified atom stereocenters. The largest absolute Gasteiger partial charge is 0.449 e. The molecule has 8 nitrogen and oxygen atoms in total. The van der Waals surface area contributed by atoms with Gasteiger partial charge in [-0.3, -0.25) is 19.2 Å². The van der Waals surface area contributed by atoms with E-state index in [1.807, 2.05) is 24.3 Å². The molecular formula is C36H24F4N2O6. The quantitative estimate of drug-likeness (QED) is 0.131. The molecule has 2 heterocycles. The second-order valence-electron chi connectivity index (χ2n) is 13.1. The fourth-order valence-corrected chi connectivity index (χ4v) is 8.73. The molecule has 3 aromatic carbocycles. The first kappa shape index (κ1) is 28.9. The summed E-state index contributed by atoms with van der Waals surface area (Å²) in [5.74, 6) is -16.1. The third-order valence-electron chi connectivity index (χ3n) is 10.8. The summed E-state index contributed by atoms with van der Waals surface area (Å²) in [5.41, 5.74) is -0.243. The molecule has 242 valence electrons. The molecule has 2 aliphatic heterocycles. The Kier molecular flexibility index (Phi) is 6.10. The van der Waals surface area contributed by atoms with Crippen LogP contribution in [0, 0.1) is 70.6 Å². The molecule has 3 aromatic rings. The van der Waals surface area contributed by atoms with Crippen LogP contribution in [-0.2, 0) is 19.2 Å². The zero-order valence-electron chi connectivity index (χ0n) is 24.8. The molecule has 0 N–H and O–H groups in total. The van der Waals surface area contributed by atoms with Crippen molar-refractivity contribution >= 4 is 35.0 Å². The van der Waals surface area contributed by atoms with Crippen molar-refractivity contribution in [2.75, 3.05) is 9.80 Å². The summed E-state index contributed by atoms with van der Waals surface area (Å²) in [7, 11) is 0. The Balaban J connectivity index is 1.03. The van der Waals surface area contributed by atoms with Gasteiger partial charge in [-0.05, 0) is 60.8 Å². The van der Waals surface area contributed by atoms with E-state index in [4.69, 9.17) is 9.47 Å². The first-order chi connectivity index (χ1) is 23.2. The maximum Gasteiger partial charge on any atom is 0.238 e. The predicted molar refractivity (Wildman–Crippen MR) is 160 cm³/mol. The second kappa shape index (κ2) is 10.1. The summed E-state index contributed by atoms with van der Waals surface area (Å²) >= 11 is 0. The highest BCUT2D eigenvalue weighted by Gasteiger charge is 2.61. The number of amides is 4. The van der Waals surface area contributed by atoms with E-state index in [1.54, 1.807) is 0 Å². The molecule has 4 fully saturated rings. The van der Waals surface area contributed by atoms with Gasteiger partial charge < -0.3 is 9.47 Å². The van der Waals surface area contributed by atoms with Crippen LogP contribution in [0.3, 0.4) is 0 Å². The van der Waals surface area contributed by atoms with Crippen LogP contribution in [0.25, 0.3) is 0 Å². The van der Waals surface area contributed by atoms with Crippen molar-refractivity contribution in [1.82, 2.24) is 0 Å². The smallest absolute Gasteiger partial charge is 0.238 e. The van der Waals surface area contributed by atoms with Crippen LogP contribution in [0.5, 0.6) is 23.0 Å². The minimum atomic E-state index is -1.94. The normalized spacial score (nSPS) is 30.7. The lowest BCUT2D eigenvalue weighted by Crippen LogP contribution is -2.33. The SMILES string of the molecule is O=C1[C@H]2[C@H](C(=O)N1c1ccccc1Oc1c(F)c(F)c(Oc3ccccc3N3C(=O)[C@H]4[C@H](C3=O)[C@H]3C=C[C@H]4C3)c(F)c1F)[C@H]1C=C[C@H]2C1. The molecule has 6 aliphatic rings. The van der Waals surface area contributed by atoms with Crippen molar-refractivity contribution in [2.45, 2.75) is 12.8 Å². The molecule has 4 amide bonds. The molecule has 4 aliphatic carbocycles. The first-order valence-electron chi connectivity index (χ1n) is 15.7. The van der Waals surface area contributed by atoms with Crippen molar-refractivity contribution in [3.05, 3.63) is 96.1 Å². The summed E-state index contributed by atoms with van der Waals surface area (Å²) in [6.45, 7) is 0. The van der Waals surface area contributed by atoms with Crippen molar-refractivity contribution < 1.29 is 46.2 Å². The van der Waals surface area contributed by atoms with E-state index in [0.717, 1.165) is 9.80 Å². The van der Waals surface area contributed by atoms with Gasteiger partial charge in [-0.15, -0.1) is 0 Å². The van der Waals surface area contributed by atoms with Crippen molar-refractivity contribution in [3.8, 4) is 23.0 Å². The topological polar surface area (TPSA) is 93.2 Å². The van der Waals surface area contributed by atoms with Gasteiger partial charge in [0.2, 0.25) is 58.4 Å². The lowest BCUT2D eigenvalue weighted by molar-refractivity contribution is -0.124. The second-order valence-corrected chi connectivity index (χ2v) is 13.1. The zero-order chi connectivity index (χ0) is 33.2. The minimum absolute atomic E-state index is 0.0984. The Morgan fingerprint density at radius 3 is 1.08 bits per heavy atom. The number of hydrogen-bond donors (Lipinski definition) is 0. The minimum Gasteiger partial charge on any atom is -0.449 e. The van der Waals surface area contributed by atoms with Gasteiger partial charge in [-0.25, -0.2) is 9.80 Å². The van der Waals surface area contributed by atoms with Crippen LogP contribution in [0.2, 0.25) is 0 Å². The fraction of sp³-hybridized carbons (Fsp3) is 0.278. The number of ether oxygens (including phenoxy) is 2. The summed E-state index contributed by atoms with van der Waals surface area (Å²) < 4.78 is 73.0. The van der Waals surface area contributed by atoms with Gasteiger partial charge in [0.25, 0.3) is 0 Å². The van der Waals surface area contributed by atoms with Crippen molar-refractivity contribution in [3.63, 3.8) is 0 Å². The summed E-state index contributed by atoms with van der Waals surface area (Å²) in [5, 5.41) is 0. The van der Waals surface area contributed by atoms with E-state index in [9.17, 15) is 19.2 Å². The Bertz CT molecular complexity index is 1830. The third-order valence-corrected chi connectivity index (χ3v) is 10.8. The highest BCUT2D eigenvalue weighted by Crippen LogP contribution is 2.56. The van der Waals surface area contributed by atoms with Crippen LogP contribution in [0.15, 0.2) is 72.8 Å². The van der Waals surface area contributed by atoms with Crippen molar-refractivity contribution in [2.24, 2.45) is 47.3 Å². The number of benzene rings is 3.